The van der Waals surface area contributed by atoms with E-state index in [-0.39, 0.29) is 6.03 Å². The summed E-state index contributed by atoms with van der Waals surface area (Å²) in [7, 11) is 1.63. The van der Waals surface area contributed by atoms with Crippen LogP contribution in [0.25, 0.3) is 17.0 Å². The lowest BCUT2D eigenvalue weighted by atomic mass is 9.94. The fourth-order valence-corrected chi connectivity index (χ4v) is 4.51. The quantitative estimate of drug-likeness (QED) is 0.325. The minimum Gasteiger partial charge on any atom is -0.497 e. The molecule has 1 unspecified atom stereocenters. The Morgan fingerprint density at radius 2 is 1.62 bits per heavy atom. The van der Waals surface area contributed by atoms with Crippen LogP contribution in [0.15, 0.2) is 83.0 Å². The van der Waals surface area contributed by atoms with Crippen LogP contribution in [-0.4, -0.2) is 28.2 Å². The maximum absolute atomic E-state index is 13.3. The number of hydrogen-bond donors (Lipinski definition) is 1. The predicted molar refractivity (Wildman–Crippen MR) is 143 cm³/mol. The van der Waals surface area contributed by atoms with E-state index in [1.54, 1.807) is 12.0 Å². The number of aromatic nitrogens is 2. The zero-order valence-corrected chi connectivity index (χ0v) is 21.5. The summed E-state index contributed by atoms with van der Waals surface area (Å²) >= 11 is 0. The summed E-state index contributed by atoms with van der Waals surface area (Å²) in [5.74, 6) is 1.62. The van der Waals surface area contributed by atoms with Crippen molar-refractivity contribution in [1.82, 2.24) is 20.4 Å². The van der Waals surface area contributed by atoms with Gasteiger partial charge in [-0.15, -0.1) is 0 Å². The Balaban J connectivity index is 1.56. The van der Waals surface area contributed by atoms with Crippen molar-refractivity contribution in [2.24, 2.45) is 0 Å². The van der Waals surface area contributed by atoms with E-state index >= 15 is 0 Å². The zero-order valence-electron chi connectivity index (χ0n) is 21.5. The van der Waals surface area contributed by atoms with E-state index < -0.39 is 6.04 Å². The van der Waals surface area contributed by atoms with Crippen LogP contribution in [0, 0.1) is 6.92 Å². The SMILES string of the molecule is CCc1ccc(-c2noc(C3=C(C)N(Cc4ccc(C)cc4)C(=O)NC3c3ccc(OC)cc3)n2)cc1. The fourth-order valence-electron chi connectivity index (χ4n) is 4.51. The molecular weight excluding hydrogens is 464 g/mol. The summed E-state index contributed by atoms with van der Waals surface area (Å²) in [5.41, 5.74) is 6.75. The van der Waals surface area contributed by atoms with E-state index in [2.05, 4.69) is 29.5 Å². The fraction of sp³-hybridized carbons (Fsp3) is 0.233. The maximum atomic E-state index is 13.3. The van der Waals surface area contributed by atoms with Crippen molar-refractivity contribution < 1.29 is 14.1 Å². The lowest BCUT2D eigenvalue weighted by Gasteiger charge is -2.35. The molecule has 5 rings (SSSR count). The van der Waals surface area contributed by atoms with Crippen molar-refractivity contribution in [1.29, 1.82) is 0 Å². The highest BCUT2D eigenvalue weighted by Gasteiger charge is 2.35. The topological polar surface area (TPSA) is 80.5 Å². The normalized spacial score (nSPS) is 15.6. The third-order valence-electron chi connectivity index (χ3n) is 6.78. The Hall–Kier alpha value is -4.39. The number of allylic oxidation sites excluding steroid dienone is 1. The molecule has 37 heavy (non-hydrogen) atoms. The van der Waals surface area contributed by atoms with Crippen LogP contribution in [0.2, 0.25) is 0 Å². The van der Waals surface area contributed by atoms with Gasteiger partial charge in [0.25, 0.3) is 5.89 Å². The number of nitrogens with zero attached hydrogens (tertiary/aromatic N) is 3. The molecule has 3 aromatic carbocycles. The van der Waals surface area contributed by atoms with Crippen LogP contribution in [0.3, 0.4) is 0 Å². The van der Waals surface area contributed by atoms with Crippen molar-refractivity contribution in [3.8, 4) is 17.1 Å². The first-order valence-electron chi connectivity index (χ1n) is 12.4. The van der Waals surface area contributed by atoms with Crippen molar-refractivity contribution in [3.63, 3.8) is 0 Å². The second kappa shape index (κ2) is 10.3. The molecule has 1 aliphatic heterocycles. The van der Waals surface area contributed by atoms with Crippen LogP contribution in [-0.2, 0) is 13.0 Å². The van der Waals surface area contributed by atoms with E-state index in [1.165, 1.54) is 11.1 Å². The van der Waals surface area contributed by atoms with Crippen LogP contribution < -0.4 is 10.1 Å². The molecule has 4 aromatic rings. The highest BCUT2D eigenvalue weighted by atomic mass is 16.5. The van der Waals surface area contributed by atoms with E-state index in [0.29, 0.717) is 18.3 Å². The number of aryl methyl sites for hydroxylation is 2. The van der Waals surface area contributed by atoms with Gasteiger partial charge in [-0.2, -0.15) is 4.98 Å². The average Bonchev–Trinajstić information content (AvgIpc) is 3.41. The third-order valence-corrected chi connectivity index (χ3v) is 6.78. The van der Waals surface area contributed by atoms with Crippen LogP contribution in [0.5, 0.6) is 5.75 Å². The van der Waals surface area contributed by atoms with Gasteiger partial charge in [0.05, 0.1) is 25.3 Å². The third kappa shape index (κ3) is 4.98. The van der Waals surface area contributed by atoms with E-state index in [0.717, 1.165) is 40.1 Å². The first-order chi connectivity index (χ1) is 18.0. The number of benzene rings is 3. The van der Waals surface area contributed by atoms with Crippen molar-refractivity contribution in [2.45, 2.75) is 39.8 Å². The number of amides is 2. The molecule has 1 aromatic heterocycles. The first kappa shape index (κ1) is 24.3. The number of rotatable bonds is 7. The summed E-state index contributed by atoms with van der Waals surface area (Å²) in [6.45, 7) is 6.52. The first-order valence-corrected chi connectivity index (χ1v) is 12.4. The van der Waals surface area contributed by atoms with Gasteiger partial charge >= 0.3 is 6.03 Å². The van der Waals surface area contributed by atoms with Gasteiger partial charge in [0.1, 0.15) is 5.75 Å². The van der Waals surface area contributed by atoms with Gasteiger partial charge in [0.2, 0.25) is 5.82 Å². The summed E-state index contributed by atoms with van der Waals surface area (Å²) in [6.07, 6.45) is 0.962. The van der Waals surface area contributed by atoms with Gasteiger partial charge in [0, 0.05) is 11.3 Å². The number of hydrogen-bond acceptors (Lipinski definition) is 5. The molecule has 1 aliphatic rings. The van der Waals surface area contributed by atoms with Gasteiger partial charge in [0.15, 0.2) is 0 Å². The number of nitrogens with one attached hydrogen (secondary N) is 1. The molecular formula is C30H30N4O3. The standard InChI is InChI=1S/C30H30N4O3/c1-5-21-10-12-24(13-11-21)28-32-29(37-33-28)26-20(3)34(18-22-8-6-19(2)7-9-22)30(35)31-27(26)23-14-16-25(36-4)17-15-23/h6-17,27H,5,18H2,1-4H3,(H,31,35). The van der Waals surface area contributed by atoms with Gasteiger partial charge < -0.3 is 14.6 Å². The summed E-state index contributed by atoms with van der Waals surface area (Å²) in [4.78, 5) is 19.8. The predicted octanol–water partition coefficient (Wildman–Crippen LogP) is 6.31. The number of carbonyl (C=O) groups is 1. The minimum absolute atomic E-state index is 0.183. The summed E-state index contributed by atoms with van der Waals surface area (Å²) in [6, 6.07) is 23.3. The minimum atomic E-state index is -0.455. The Kier molecular flexibility index (Phi) is 6.77. The molecule has 0 radical (unpaired) electrons. The van der Waals surface area contributed by atoms with E-state index in [4.69, 9.17) is 14.2 Å². The Labute approximate surface area is 216 Å². The van der Waals surface area contributed by atoms with Gasteiger partial charge in [-0.25, -0.2) is 4.79 Å². The Bertz CT molecular complexity index is 1420. The van der Waals surface area contributed by atoms with Gasteiger partial charge in [-0.1, -0.05) is 78.3 Å². The molecule has 0 spiro atoms. The average molecular weight is 495 g/mol. The van der Waals surface area contributed by atoms with Gasteiger partial charge in [-0.05, 0) is 49.1 Å². The number of urea groups is 1. The van der Waals surface area contributed by atoms with Crippen LogP contribution >= 0.6 is 0 Å². The molecule has 1 N–H and O–H groups in total. The maximum Gasteiger partial charge on any atom is 0.322 e. The largest absolute Gasteiger partial charge is 0.497 e. The van der Waals surface area contributed by atoms with Crippen molar-refractivity contribution in [3.05, 3.63) is 107 Å². The molecule has 2 amide bonds. The molecule has 1 atom stereocenters. The molecule has 188 valence electrons. The lowest BCUT2D eigenvalue weighted by Crippen LogP contribution is -2.45. The number of carbonyl (C=O) groups excluding carboxylic acids is 1. The molecule has 0 fully saturated rings. The van der Waals surface area contributed by atoms with E-state index in [1.807, 2.05) is 74.5 Å². The lowest BCUT2D eigenvalue weighted by molar-refractivity contribution is 0.203. The highest BCUT2D eigenvalue weighted by molar-refractivity contribution is 5.87. The molecule has 0 saturated heterocycles. The molecule has 2 heterocycles. The number of ether oxygens (including phenoxy) is 1. The Morgan fingerprint density at radius 1 is 0.946 bits per heavy atom. The molecule has 0 bridgehead atoms. The molecule has 0 saturated carbocycles. The van der Waals surface area contributed by atoms with Crippen LogP contribution in [0.4, 0.5) is 4.79 Å². The Morgan fingerprint density at radius 3 is 2.27 bits per heavy atom. The summed E-state index contributed by atoms with van der Waals surface area (Å²) < 4.78 is 11.1. The second-order valence-electron chi connectivity index (χ2n) is 9.20. The van der Waals surface area contributed by atoms with Crippen molar-refractivity contribution in [2.75, 3.05) is 7.11 Å². The molecule has 7 nitrogen and oxygen atoms in total. The van der Waals surface area contributed by atoms with E-state index in [9.17, 15) is 4.79 Å². The summed E-state index contributed by atoms with van der Waals surface area (Å²) in [5, 5.41) is 7.43. The van der Waals surface area contributed by atoms with Crippen molar-refractivity contribution >= 4 is 11.6 Å². The van der Waals surface area contributed by atoms with Gasteiger partial charge in [-0.3, -0.25) is 4.90 Å². The second-order valence-corrected chi connectivity index (χ2v) is 9.20. The molecule has 7 heteroatoms. The highest BCUT2D eigenvalue weighted by Crippen LogP contribution is 2.38. The monoisotopic (exact) mass is 494 g/mol. The zero-order chi connectivity index (χ0) is 25.9. The van der Waals surface area contributed by atoms with Crippen LogP contribution in [0.1, 0.15) is 48.0 Å². The molecule has 0 aliphatic carbocycles. The number of methoxy groups -OCH3 is 1. The smallest absolute Gasteiger partial charge is 0.322 e.